The highest BCUT2D eigenvalue weighted by Gasteiger charge is 2.14. The van der Waals surface area contributed by atoms with Crippen LogP contribution in [0.25, 0.3) is 6.08 Å². The van der Waals surface area contributed by atoms with Gasteiger partial charge in [0.25, 0.3) is 0 Å². The number of hydrogen-bond acceptors (Lipinski definition) is 3. The number of aliphatic carboxylic acids is 1. The third-order valence-corrected chi connectivity index (χ3v) is 2.22. The maximum absolute atomic E-state index is 13.3. The summed E-state index contributed by atoms with van der Waals surface area (Å²) in [5.74, 6) is -4.21. The van der Waals surface area contributed by atoms with Gasteiger partial charge in [-0.3, -0.25) is 9.59 Å². The summed E-state index contributed by atoms with van der Waals surface area (Å²) in [5, 5.41) is 8.51. The molecule has 1 aromatic rings. The average Bonchev–Trinajstić information content (AvgIpc) is 2.27. The Bertz CT molecular complexity index is 537. The van der Waals surface area contributed by atoms with Crippen LogP contribution >= 0.6 is 11.6 Å². The molecule has 18 heavy (non-hydrogen) atoms. The van der Waals surface area contributed by atoms with Gasteiger partial charge in [0.1, 0.15) is 5.82 Å². The van der Waals surface area contributed by atoms with E-state index >= 15 is 0 Å². The summed E-state index contributed by atoms with van der Waals surface area (Å²) < 4.78 is 13.3. The summed E-state index contributed by atoms with van der Waals surface area (Å²) in [7, 11) is 0. The lowest BCUT2D eigenvalue weighted by Gasteiger charge is -1.97. The molecule has 0 saturated carbocycles. The van der Waals surface area contributed by atoms with Crippen molar-refractivity contribution in [2.24, 2.45) is 0 Å². The van der Waals surface area contributed by atoms with Crippen LogP contribution in [-0.2, 0) is 14.4 Å². The molecule has 0 fully saturated rings. The summed E-state index contributed by atoms with van der Waals surface area (Å²) >= 11 is 5.54. The van der Waals surface area contributed by atoms with Crippen molar-refractivity contribution in [1.82, 2.24) is 0 Å². The quantitative estimate of drug-likeness (QED) is 0.505. The number of rotatable bonds is 5. The summed E-state index contributed by atoms with van der Waals surface area (Å²) in [6.45, 7) is 0. The first-order valence-electron chi connectivity index (χ1n) is 4.82. The van der Waals surface area contributed by atoms with Gasteiger partial charge in [0.2, 0.25) is 5.78 Å². The first kappa shape index (κ1) is 14.1. The van der Waals surface area contributed by atoms with Gasteiger partial charge in [-0.1, -0.05) is 17.7 Å². The number of carboxylic acid groups (broad SMARTS) is 1. The van der Waals surface area contributed by atoms with Crippen molar-refractivity contribution < 1.29 is 23.9 Å². The molecule has 0 unspecified atom stereocenters. The van der Waals surface area contributed by atoms with Crippen LogP contribution < -0.4 is 0 Å². The van der Waals surface area contributed by atoms with Gasteiger partial charge in [0, 0.05) is 10.6 Å². The summed E-state index contributed by atoms with van der Waals surface area (Å²) in [5.41, 5.74) is 0.121. The van der Waals surface area contributed by atoms with Crippen LogP contribution in [0, 0.1) is 5.82 Å². The first-order valence-corrected chi connectivity index (χ1v) is 5.20. The molecule has 0 spiro atoms. The molecule has 0 atom stereocenters. The maximum atomic E-state index is 13.3. The average molecular weight is 271 g/mol. The molecule has 0 amide bonds. The van der Waals surface area contributed by atoms with Crippen molar-refractivity contribution in [1.29, 1.82) is 0 Å². The van der Waals surface area contributed by atoms with E-state index in [2.05, 4.69) is 0 Å². The third-order valence-electron chi connectivity index (χ3n) is 1.98. The van der Waals surface area contributed by atoms with Crippen molar-refractivity contribution in [2.45, 2.75) is 6.42 Å². The lowest BCUT2D eigenvalue weighted by atomic mass is 10.1. The Labute approximate surface area is 107 Å². The molecule has 4 nitrogen and oxygen atoms in total. The second-order valence-corrected chi connectivity index (χ2v) is 3.81. The van der Waals surface area contributed by atoms with Crippen LogP contribution in [0.2, 0.25) is 5.02 Å². The van der Waals surface area contributed by atoms with Gasteiger partial charge in [-0.2, -0.15) is 0 Å². The van der Waals surface area contributed by atoms with Gasteiger partial charge >= 0.3 is 5.97 Å². The van der Waals surface area contributed by atoms with E-state index in [0.29, 0.717) is 0 Å². The fourth-order valence-electron chi connectivity index (χ4n) is 1.11. The van der Waals surface area contributed by atoms with Crippen LogP contribution in [-0.4, -0.2) is 22.6 Å². The van der Waals surface area contributed by atoms with Gasteiger partial charge in [-0.25, -0.2) is 9.18 Å². The number of carbonyl (C=O) groups excluding carboxylic acids is 2. The molecule has 0 aliphatic heterocycles. The van der Waals surface area contributed by atoms with Crippen LogP contribution in [0.15, 0.2) is 24.3 Å². The zero-order valence-electron chi connectivity index (χ0n) is 9.02. The minimum absolute atomic E-state index is 0.121. The Kier molecular flexibility index (Phi) is 4.74. The number of ketones is 2. The number of hydrogen-bond donors (Lipinski definition) is 1. The highest BCUT2D eigenvalue weighted by Crippen LogP contribution is 2.15. The Balaban J connectivity index is 2.72. The number of carbonyl (C=O) groups is 3. The number of carboxylic acids is 1. The third kappa shape index (κ3) is 4.10. The van der Waals surface area contributed by atoms with Crippen LogP contribution in [0.4, 0.5) is 4.39 Å². The molecule has 1 aromatic carbocycles. The minimum Gasteiger partial charge on any atom is -0.475 e. The highest BCUT2D eigenvalue weighted by atomic mass is 35.5. The van der Waals surface area contributed by atoms with E-state index in [1.807, 2.05) is 0 Å². The Morgan fingerprint density at radius 1 is 1.33 bits per heavy atom. The number of Topliss-reactive ketones (excluding diaryl/α,β-unsaturated/α-hetero) is 1. The minimum atomic E-state index is -1.67. The van der Waals surface area contributed by atoms with E-state index in [0.717, 1.165) is 18.2 Å². The van der Waals surface area contributed by atoms with E-state index < -0.39 is 29.8 Å². The summed E-state index contributed by atoms with van der Waals surface area (Å²) in [6.07, 6.45) is 1.36. The maximum Gasteiger partial charge on any atom is 0.372 e. The Morgan fingerprint density at radius 3 is 2.56 bits per heavy atom. The molecule has 6 heteroatoms. The van der Waals surface area contributed by atoms with Gasteiger partial charge in [0.15, 0.2) is 5.78 Å². The molecule has 94 valence electrons. The number of allylic oxidation sites excluding steroid dienone is 1. The van der Waals surface area contributed by atoms with Crippen molar-refractivity contribution in [3.8, 4) is 0 Å². The molecule has 0 aliphatic carbocycles. The van der Waals surface area contributed by atoms with Gasteiger partial charge in [0.05, 0.1) is 6.42 Å². The molecule has 0 aliphatic rings. The molecule has 1 rings (SSSR count). The SMILES string of the molecule is O=C(/C=C/c1ccc(Cl)cc1F)CC(=O)C(=O)O. The van der Waals surface area contributed by atoms with Gasteiger partial charge in [-0.15, -0.1) is 0 Å². The number of benzene rings is 1. The lowest BCUT2D eigenvalue weighted by molar-refractivity contribution is -0.149. The van der Waals surface area contributed by atoms with E-state index in [-0.39, 0.29) is 10.6 Å². The molecular weight excluding hydrogens is 263 g/mol. The van der Waals surface area contributed by atoms with Crippen molar-refractivity contribution >= 4 is 35.2 Å². The van der Waals surface area contributed by atoms with E-state index in [1.165, 1.54) is 12.1 Å². The van der Waals surface area contributed by atoms with Crippen molar-refractivity contribution in [3.63, 3.8) is 0 Å². The fourth-order valence-corrected chi connectivity index (χ4v) is 1.27. The van der Waals surface area contributed by atoms with Crippen LogP contribution in [0.5, 0.6) is 0 Å². The van der Waals surface area contributed by atoms with E-state index in [1.54, 1.807) is 0 Å². The second-order valence-electron chi connectivity index (χ2n) is 3.37. The Hall–Kier alpha value is -2.01. The zero-order valence-corrected chi connectivity index (χ0v) is 9.78. The van der Waals surface area contributed by atoms with Crippen molar-refractivity contribution in [3.05, 3.63) is 40.7 Å². The largest absolute Gasteiger partial charge is 0.475 e. The van der Waals surface area contributed by atoms with Gasteiger partial charge in [-0.05, 0) is 24.3 Å². The molecular formula is C12H8ClFO4. The summed E-state index contributed by atoms with van der Waals surface area (Å²) in [4.78, 5) is 32.1. The normalized spacial score (nSPS) is 10.6. The molecule has 0 bridgehead atoms. The molecule has 0 radical (unpaired) electrons. The lowest BCUT2D eigenvalue weighted by Crippen LogP contribution is -2.15. The monoisotopic (exact) mass is 270 g/mol. The number of halogens is 2. The standard InChI is InChI=1S/C12H8ClFO4/c13-8-3-1-7(10(14)5-8)2-4-9(15)6-11(16)12(17)18/h1-5H,6H2,(H,17,18)/b4-2+. The Morgan fingerprint density at radius 2 is 2.00 bits per heavy atom. The van der Waals surface area contributed by atoms with Crippen LogP contribution in [0.3, 0.4) is 0 Å². The molecule has 0 heterocycles. The van der Waals surface area contributed by atoms with Gasteiger partial charge < -0.3 is 5.11 Å². The molecule has 0 saturated heterocycles. The van der Waals surface area contributed by atoms with E-state index in [9.17, 15) is 18.8 Å². The fraction of sp³-hybridized carbons (Fsp3) is 0.0833. The zero-order chi connectivity index (χ0) is 13.7. The highest BCUT2D eigenvalue weighted by molar-refractivity contribution is 6.37. The predicted octanol–water partition coefficient (Wildman–Crippen LogP) is 2.11. The van der Waals surface area contributed by atoms with Crippen molar-refractivity contribution in [2.75, 3.05) is 0 Å². The molecule has 1 N–H and O–H groups in total. The predicted molar refractivity (Wildman–Crippen MR) is 62.7 cm³/mol. The van der Waals surface area contributed by atoms with E-state index in [4.69, 9.17) is 16.7 Å². The molecule has 0 aromatic heterocycles. The second kappa shape index (κ2) is 6.07. The topological polar surface area (TPSA) is 71.4 Å². The smallest absolute Gasteiger partial charge is 0.372 e. The first-order chi connectivity index (χ1) is 8.40. The summed E-state index contributed by atoms with van der Waals surface area (Å²) in [6, 6.07) is 3.88. The van der Waals surface area contributed by atoms with Crippen LogP contribution in [0.1, 0.15) is 12.0 Å².